The van der Waals surface area contributed by atoms with Crippen LogP contribution in [0.4, 0.5) is 0 Å². The lowest BCUT2D eigenvalue weighted by Crippen LogP contribution is -2.07. The Kier molecular flexibility index (Phi) is 6.09. The molecule has 3 rings (SSSR count). The van der Waals surface area contributed by atoms with Crippen molar-refractivity contribution in [3.05, 3.63) is 59.2 Å². The Bertz CT molecular complexity index is 790. The van der Waals surface area contributed by atoms with Gasteiger partial charge in [0, 0.05) is 24.9 Å². The lowest BCUT2D eigenvalue weighted by Gasteiger charge is -2.04. The number of hydrogen-bond donors (Lipinski definition) is 0. The van der Waals surface area contributed by atoms with Crippen LogP contribution in [0, 0.1) is 0 Å². The summed E-state index contributed by atoms with van der Waals surface area (Å²) in [5, 5.41) is 0. The predicted octanol–water partition coefficient (Wildman–Crippen LogP) is 2.64. The van der Waals surface area contributed by atoms with E-state index in [-0.39, 0.29) is 12.1 Å². The van der Waals surface area contributed by atoms with Crippen molar-refractivity contribution in [2.75, 3.05) is 13.1 Å². The summed E-state index contributed by atoms with van der Waals surface area (Å²) >= 11 is 0. The molecule has 132 valence electrons. The normalized spacial score (nSPS) is 20.5. The van der Waals surface area contributed by atoms with Crippen LogP contribution >= 0.6 is 0 Å². The van der Waals surface area contributed by atoms with Crippen LogP contribution in [0.3, 0.4) is 0 Å². The molecular formula is C20H22N6. The number of aliphatic imine (C=N–C) groups is 4. The second-order valence-electron chi connectivity index (χ2n) is 6.22. The Balaban J connectivity index is 1.87. The van der Waals surface area contributed by atoms with Crippen molar-refractivity contribution in [3.63, 3.8) is 0 Å². The molecule has 4 bridgehead atoms. The maximum Gasteiger partial charge on any atom is 0.0815 e. The number of rotatable bonds is 0. The number of pyridine rings is 2. The first-order chi connectivity index (χ1) is 12.7. The first-order valence-electron chi connectivity index (χ1n) is 8.69. The average Bonchev–Trinajstić information content (AvgIpc) is 2.65. The minimum Gasteiger partial charge on any atom is -0.289 e. The summed E-state index contributed by atoms with van der Waals surface area (Å²) in [7, 11) is 0. The molecule has 0 aromatic carbocycles. The number of aromatic nitrogens is 2. The van der Waals surface area contributed by atoms with Crippen molar-refractivity contribution in [1.29, 1.82) is 0 Å². The molecule has 0 aliphatic carbocycles. The predicted molar refractivity (Wildman–Crippen MR) is 108 cm³/mol. The van der Waals surface area contributed by atoms with Crippen LogP contribution in [-0.2, 0) is 0 Å². The van der Waals surface area contributed by atoms with E-state index in [1.54, 1.807) is 24.9 Å². The summed E-state index contributed by atoms with van der Waals surface area (Å²) in [4.78, 5) is 27.0. The van der Waals surface area contributed by atoms with Crippen LogP contribution in [0.2, 0.25) is 0 Å². The summed E-state index contributed by atoms with van der Waals surface area (Å²) < 4.78 is 0. The van der Waals surface area contributed by atoms with Gasteiger partial charge in [-0.05, 0) is 38.1 Å². The first kappa shape index (κ1) is 17.8. The van der Waals surface area contributed by atoms with Crippen molar-refractivity contribution in [3.8, 4) is 0 Å². The molecule has 2 aromatic rings. The molecule has 1 aliphatic rings. The van der Waals surface area contributed by atoms with E-state index in [0.717, 1.165) is 22.8 Å². The number of fused-ring (bicyclic) bond motifs is 4. The van der Waals surface area contributed by atoms with Gasteiger partial charge in [-0.2, -0.15) is 0 Å². The van der Waals surface area contributed by atoms with E-state index in [2.05, 4.69) is 29.9 Å². The van der Waals surface area contributed by atoms with Crippen LogP contribution in [-0.4, -0.2) is 60.0 Å². The highest BCUT2D eigenvalue weighted by atomic mass is 14.9. The minimum absolute atomic E-state index is 0.0639. The smallest absolute Gasteiger partial charge is 0.0815 e. The number of hydrogen-bond acceptors (Lipinski definition) is 6. The summed E-state index contributed by atoms with van der Waals surface area (Å²) in [5.41, 5.74) is 3.25. The Morgan fingerprint density at radius 1 is 0.615 bits per heavy atom. The molecule has 0 spiro atoms. The molecule has 3 heterocycles. The fourth-order valence-electron chi connectivity index (χ4n) is 2.32. The van der Waals surface area contributed by atoms with Gasteiger partial charge in [0.1, 0.15) is 0 Å². The fraction of sp³-hybridized carbons (Fsp3) is 0.300. The lowest BCUT2D eigenvalue weighted by atomic mass is 10.3. The van der Waals surface area contributed by atoms with E-state index in [0.29, 0.717) is 13.1 Å². The highest BCUT2D eigenvalue weighted by Crippen LogP contribution is 2.01. The second kappa shape index (κ2) is 8.89. The van der Waals surface area contributed by atoms with Crippen LogP contribution in [0.1, 0.15) is 36.6 Å². The molecule has 2 aromatic heterocycles. The molecule has 0 radical (unpaired) electrons. The highest BCUT2D eigenvalue weighted by molar-refractivity contribution is 5.83. The van der Waals surface area contributed by atoms with Gasteiger partial charge in [-0.25, -0.2) is 9.97 Å². The van der Waals surface area contributed by atoms with Crippen molar-refractivity contribution in [1.82, 2.24) is 9.97 Å². The van der Waals surface area contributed by atoms with Crippen molar-refractivity contribution >= 4 is 24.9 Å². The first-order valence-corrected chi connectivity index (χ1v) is 8.69. The molecule has 26 heavy (non-hydrogen) atoms. The van der Waals surface area contributed by atoms with Gasteiger partial charge >= 0.3 is 0 Å². The van der Waals surface area contributed by atoms with Crippen molar-refractivity contribution in [2.45, 2.75) is 25.9 Å². The molecule has 6 nitrogen and oxygen atoms in total. The van der Waals surface area contributed by atoms with Crippen molar-refractivity contribution in [2.24, 2.45) is 20.0 Å². The summed E-state index contributed by atoms with van der Waals surface area (Å²) in [5.74, 6) is 0. The summed E-state index contributed by atoms with van der Waals surface area (Å²) in [6, 6.07) is 11.7. The third-order valence-electron chi connectivity index (χ3n) is 3.69. The lowest BCUT2D eigenvalue weighted by molar-refractivity contribution is 0.760. The van der Waals surface area contributed by atoms with E-state index in [4.69, 9.17) is 0 Å². The monoisotopic (exact) mass is 346 g/mol. The Labute approximate surface area is 153 Å². The molecule has 0 fully saturated rings. The summed E-state index contributed by atoms with van der Waals surface area (Å²) in [6.45, 7) is 5.23. The quantitative estimate of drug-likeness (QED) is 0.735. The third kappa shape index (κ3) is 5.51. The van der Waals surface area contributed by atoms with Gasteiger partial charge in [-0.15, -0.1) is 0 Å². The maximum atomic E-state index is 4.54. The van der Waals surface area contributed by atoms with E-state index >= 15 is 0 Å². The van der Waals surface area contributed by atoms with E-state index < -0.39 is 0 Å². The van der Waals surface area contributed by atoms with Gasteiger partial charge in [0.05, 0.1) is 47.9 Å². The molecule has 0 amide bonds. The topological polar surface area (TPSA) is 75.2 Å². The molecule has 0 saturated carbocycles. The van der Waals surface area contributed by atoms with Gasteiger partial charge < -0.3 is 0 Å². The van der Waals surface area contributed by atoms with Gasteiger partial charge in [-0.1, -0.05) is 12.1 Å². The average molecular weight is 346 g/mol. The summed E-state index contributed by atoms with van der Waals surface area (Å²) in [6.07, 6.45) is 7.12. The Morgan fingerprint density at radius 2 is 1.00 bits per heavy atom. The maximum absolute atomic E-state index is 4.54. The molecule has 1 aliphatic heterocycles. The molecule has 2 atom stereocenters. The molecular weight excluding hydrogens is 324 g/mol. The van der Waals surface area contributed by atoms with Gasteiger partial charge in [0.2, 0.25) is 0 Å². The van der Waals surface area contributed by atoms with E-state index in [1.807, 2.05) is 50.2 Å². The minimum atomic E-state index is 0.0639. The Hall–Kier alpha value is -3.02. The van der Waals surface area contributed by atoms with Gasteiger partial charge in [-0.3, -0.25) is 20.0 Å². The molecule has 0 saturated heterocycles. The van der Waals surface area contributed by atoms with Crippen LogP contribution in [0.25, 0.3) is 0 Å². The Morgan fingerprint density at radius 3 is 1.42 bits per heavy atom. The van der Waals surface area contributed by atoms with E-state index in [1.165, 1.54) is 0 Å². The molecule has 6 heteroatoms. The van der Waals surface area contributed by atoms with Crippen LogP contribution < -0.4 is 0 Å². The van der Waals surface area contributed by atoms with Gasteiger partial charge in [0.15, 0.2) is 0 Å². The fourth-order valence-corrected chi connectivity index (χ4v) is 2.32. The molecule has 0 N–H and O–H groups in total. The molecule has 0 unspecified atom stereocenters. The van der Waals surface area contributed by atoms with Crippen LogP contribution in [0.15, 0.2) is 56.4 Å². The SMILES string of the molecule is C[C@@H]1CN=Cc2cccc(n2)C=NC[C@H](C)N=Cc2cccc(n2)C=N1. The highest BCUT2D eigenvalue weighted by Gasteiger charge is 2.00. The standard InChI is InChI=1S/C20H22N6/c1-15-9-21-11-17-5-3-6-18(25-17)12-22-10-16(2)24-14-20-8-4-7-19(26-20)13-23-15/h3-8,11-16H,9-10H2,1-2H3/t15-,16+. The van der Waals surface area contributed by atoms with Crippen molar-refractivity contribution < 1.29 is 0 Å². The third-order valence-corrected chi connectivity index (χ3v) is 3.69. The zero-order valence-corrected chi connectivity index (χ0v) is 15.0. The zero-order chi connectivity index (χ0) is 18.2. The van der Waals surface area contributed by atoms with Crippen LogP contribution in [0.5, 0.6) is 0 Å². The van der Waals surface area contributed by atoms with Gasteiger partial charge in [0.25, 0.3) is 0 Å². The zero-order valence-electron chi connectivity index (χ0n) is 15.0. The number of nitrogens with zero attached hydrogens (tertiary/aromatic N) is 6. The van der Waals surface area contributed by atoms with E-state index in [9.17, 15) is 0 Å². The second-order valence-corrected chi connectivity index (χ2v) is 6.22. The largest absolute Gasteiger partial charge is 0.289 e.